The number of amides is 1. The molecule has 2 fully saturated rings. The van der Waals surface area contributed by atoms with Crippen LogP contribution in [0.5, 0.6) is 0 Å². The Morgan fingerprint density at radius 3 is 2.35 bits per heavy atom. The number of thiophene rings is 1. The molecule has 6 nitrogen and oxygen atoms in total. The Balaban J connectivity index is 1.72. The number of hydrogen-bond acceptors (Lipinski definition) is 5. The number of carbonyl (C=O) groups excluding carboxylic acids is 2. The van der Waals surface area contributed by atoms with Gasteiger partial charge >= 0.3 is 11.9 Å². The molecule has 1 heterocycles. The van der Waals surface area contributed by atoms with E-state index in [1.54, 1.807) is 0 Å². The third-order valence-corrected chi connectivity index (χ3v) is 8.03. The molecule has 4 atom stereocenters. The first-order valence-corrected chi connectivity index (χ1v) is 11.4. The lowest BCUT2D eigenvalue weighted by atomic mass is 9.78. The Kier molecular flexibility index (Phi) is 5.64. The Morgan fingerprint density at radius 1 is 1.06 bits per heavy atom. The summed E-state index contributed by atoms with van der Waals surface area (Å²) in [5.74, 6) is -2.79. The van der Waals surface area contributed by atoms with Crippen LogP contribution in [0, 0.1) is 44.4 Å². The zero-order chi connectivity index (χ0) is 22.4. The Labute approximate surface area is 185 Å². The van der Waals surface area contributed by atoms with Crippen LogP contribution in [0.15, 0.2) is 18.2 Å². The van der Waals surface area contributed by atoms with E-state index in [4.69, 9.17) is 4.74 Å². The summed E-state index contributed by atoms with van der Waals surface area (Å²) in [5, 5.41) is 13.0. The van der Waals surface area contributed by atoms with Crippen molar-refractivity contribution in [2.75, 3.05) is 12.4 Å². The lowest BCUT2D eigenvalue weighted by Crippen LogP contribution is -2.37. The minimum absolute atomic E-state index is 0.0643. The number of benzene rings is 1. The molecule has 31 heavy (non-hydrogen) atoms. The third kappa shape index (κ3) is 3.65. The third-order valence-electron chi connectivity index (χ3n) is 7.01. The van der Waals surface area contributed by atoms with Crippen LogP contribution < -0.4 is 5.32 Å². The molecule has 2 aliphatic carbocycles. The van der Waals surface area contributed by atoms with Crippen LogP contribution in [0.2, 0.25) is 0 Å². The van der Waals surface area contributed by atoms with Gasteiger partial charge in [-0.25, -0.2) is 4.79 Å². The number of methoxy groups -OCH3 is 1. The van der Waals surface area contributed by atoms with Gasteiger partial charge in [-0.1, -0.05) is 18.2 Å². The minimum Gasteiger partial charge on any atom is -0.481 e. The molecule has 1 amide bonds. The van der Waals surface area contributed by atoms with Crippen LogP contribution in [0.1, 0.15) is 45.6 Å². The van der Waals surface area contributed by atoms with E-state index in [0.717, 1.165) is 46.4 Å². The zero-order valence-corrected chi connectivity index (χ0v) is 19.0. The van der Waals surface area contributed by atoms with Gasteiger partial charge in [-0.05, 0) is 68.6 Å². The molecule has 0 radical (unpaired) electrons. The maximum atomic E-state index is 13.2. The minimum atomic E-state index is -0.904. The summed E-state index contributed by atoms with van der Waals surface area (Å²) >= 11 is 1.33. The monoisotopic (exact) mass is 441 g/mol. The maximum absolute atomic E-state index is 13.2. The molecular weight excluding hydrogens is 414 g/mol. The summed E-state index contributed by atoms with van der Waals surface area (Å²) in [6.07, 6.45) is 2.54. The molecule has 7 heteroatoms. The number of carboxylic acid groups (broad SMARTS) is 1. The predicted octanol–water partition coefficient (Wildman–Crippen LogP) is 4.81. The number of esters is 1. The molecule has 2 N–H and O–H groups in total. The molecule has 0 unspecified atom stereocenters. The van der Waals surface area contributed by atoms with Crippen LogP contribution in [0.3, 0.4) is 0 Å². The van der Waals surface area contributed by atoms with Crippen LogP contribution in [0.25, 0.3) is 11.1 Å². The first-order chi connectivity index (χ1) is 14.7. The highest BCUT2D eigenvalue weighted by Gasteiger charge is 2.54. The van der Waals surface area contributed by atoms with Gasteiger partial charge in [0, 0.05) is 10.4 Å². The number of carbonyl (C=O) groups is 3. The summed E-state index contributed by atoms with van der Waals surface area (Å²) in [5.41, 5.74) is 4.23. The molecule has 4 rings (SSSR count). The number of fused-ring (bicyclic) bond motifs is 2. The quantitative estimate of drug-likeness (QED) is 0.650. The fraction of sp³-hybridized carbons (Fsp3) is 0.458. The topological polar surface area (TPSA) is 92.7 Å². The van der Waals surface area contributed by atoms with Crippen molar-refractivity contribution in [1.29, 1.82) is 0 Å². The fourth-order valence-electron chi connectivity index (χ4n) is 5.39. The number of ether oxygens (including phenoxy) is 1. The van der Waals surface area contributed by atoms with Crippen molar-refractivity contribution in [1.82, 2.24) is 0 Å². The van der Waals surface area contributed by atoms with E-state index in [9.17, 15) is 19.5 Å². The molecule has 2 saturated carbocycles. The van der Waals surface area contributed by atoms with Crippen LogP contribution in [-0.4, -0.2) is 30.1 Å². The molecule has 2 aliphatic rings. The van der Waals surface area contributed by atoms with Gasteiger partial charge in [-0.3, -0.25) is 9.59 Å². The highest BCUT2D eigenvalue weighted by atomic mass is 32.1. The Morgan fingerprint density at radius 2 is 1.74 bits per heavy atom. The second-order valence-corrected chi connectivity index (χ2v) is 9.97. The molecule has 0 aliphatic heterocycles. The average molecular weight is 442 g/mol. The van der Waals surface area contributed by atoms with E-state index in [1.165, 1.54) is 18.4 Å². The lowest BCUT2D eigenvalue weighted by Gasteiger charge is -2.26. The Hall–Kier alpha value is -2.67. The van der Waals surface area contributed by atoms with Crippen LogP contribution >= 0.6 is 11.3 Å². The smallest absolute Gasteiger partial charge is 0.341 e. The van der Waals surface area contributed by atoms with E-state index in [0.29, 0.717) is 10.6 Å². The van der Waals surface area contributed by atoms with Crippen molar-refractivity contribution in [3.63, 3.8) is 0 Å². The van der Waals surface area contributed by atoms with E-state index in [1.807, 2.05) is 39.0 Å². The van der Waals surface area contributed by atoms with Crippen molar-refractivity contribution in [2.45, 2.75) is 40.0 Å². The lowest BCUT2D eigenvalue weighted by molar-refractivity contribution is -0.148. The van der Waals surface area contributed by atoms with E-state index < -0.39 is 23.8 Å². The molecule has 1 aromatic heterocycles. The van der Waals surface area contributed by atoms with Crippen LogP contribution in [0.4, 0.5) is 5.00 Å². The van der Waals surface area contributed by atoms with Crippen molar-refractivity contribution >= 4 is 34.2 Å². The normalized spacial score (nSPS) is 24.3. The molecule has 0 spiro atoms. The summed E-state index contributed by atoms with van der Waals surface area (Å²) in [6, 6.07) is 6.00. The number of nitrogens with one attached hydrogen (secondary N) is 1. The molecule has 2 bridgehead atoms. The van der Waals surface area contributed by atoms with E-state index in [-0.39, 0.29) is 17.7 Å². The zero-order valence-electron chi connectivity index (χ0n) is 18.2. The van der Waals surface area contributed by atoms with Gasteiger partial charge in [0.25, 0.3) is 0 Å². The highest BCUT2D eigenvalue weighted by Crippen LogP contribution is 2.53. The van der Waals surface area contributed by atoms with E-state index >= 15 is 0 Å². The SMILES string of the molecule is COC(=O)c1c(NC(=O)[C@H]2[C@@H]3CC[C@H](C3)[C@@H]2C(=O)O)sc(C)c1-c1ccc(C)c(C)c1. The van der Waals surface area contributed by atoms with Gasteiger partial charge in [-0.15, -0.1) is 11.3 Å². The maximum Gasteiger partial charge on any atom is 0.341 e. The summed E-state index contributed by atoms with van der Waals surface area (Å²) in [6.45, 7) is 5.96. The summed E-state index contributed by atoms with van der Waals surface area (Å²) < 4.78 is 5.04. The van der Waals surface area contributed by atoms with Gasteiger partial charge in [0.15, 0.2) is 0 Å². The van der Waals surface area contributed by atoms with Crippen molar-refractivity contribution in [2.24, 2.45) is 23.7 Å². The van der Waals surface area contributed by atoms with Gasteiger partial charge in [0.2, 0.25) is 5.91 Å². The number of rotatable bonds is 5. The number of aryl methyl sites for hydroxylation is 3. The molecule has 1 aromatic carbocycles. The molecule has 0 saturated heterocycles. The Bertz CT molecular complexity index is 1070. The fourth-order valence-corrected chi connectivity index (χ4v) is 6.46. The van der Waals surface area contributed by atoms with Crippen LogP contribution in [-0.2, 0) is 14.3 Å². The molecule has 2 aromatic rings. The van der Waals surface area contributed by atoms with Gasteiger partial charge < -0.3 is 15.2 Å². The van der Waals surface area contributed by atoms with Gasteiger partial charge in [-0.2, -0.15) is 0 Å². The van der Waals surface area contributed by atoms with Gasteiger partial charge in [0.05, 0.1) is 18.9 Å². The molecule has 164 valence electrons. The second-order valence-electron chi connectivity index (χ2n) is 8.74. The first-order valence-electron chi connectivity index (χ1n) is 10.6. The average Bonchev–Trinajstić information content (AvgIpc) is 3.42. The number of anilines is 1. The van der Waals surface area contributed by atoms with Crippen molar-refractivity contribution in [3.8, 4) is 11.1 Å². The predicted molar refractivity (Wildman–Crippen MR) is 119 cm³/mol. The number of aliphatic carboxylic acids is 1. The standard InChI is InChI=1S/C24H27NO5S/c1-11-5-6-14(9-12(11)2)17-13(3)31-22(20(17)24(29)30-4)25-21(26)18-15-7-8-16(10-15)19(18)23(27)28/h5-6,9,15-16,18-19H,7-8,10H2,1-4H3,(H,25,26)(H,27,28)/t15-,16-,18+,19+/m1/s1. The summed E-state index contributed by atoms with van der Waals surface area (Å²) in [7, 11) is 1.32. The second kappa shape index (κ2) is 8.11. The van der Waals surface area contributed by atoms with Crippen molar-refractivity contribution < 1.29 is 24.2 Å². The summed E-state index contributed by atoms with van der Waals surface area (Å²) in [4.78, 5) is 38.7. The first kappa shape index (κ1) is 21.6. The number of hydrogen-bond donors (Lipinski definition) is 2. The van der Waals surface area contributed by atoms with E-state index in [2.05, 4.69) is 5.32 Å². The largest absolute Gasteiger partial charge is 0.481 e. The molecular formula is C24H27NO5S. The van der Waals surface area contributed by atoms with Gasteiger partial charge in [0.1, 0.15) is 10.6 Å². The number of carboxylic acids is 1. The highest BCUT2D eigenvalue weighted by molar-refractivity contribution is 7.17. The van der Waals surface area contributed by atoms with Crippen molar-refractivity contribution in [3.05, 3.63) is 39.8 Å².